The Morgan fingerprint density at radius 1 is 1.11 bits per heavy atom. The topological polar surface area (TPSA) is 95.2 Å². The van der Waals surface area contributed by atoms with E-state index in [0.717, 1.165) is 41.5 Å². The van der Waals surface area contributed by atoms with Crippen LogP contribution in [0.4, 0.5) is 11.5 Å². The van der Waals surface area contributed by atoms with Gasteiger partial charge in [0.05, 0.1) is 16.8 Å². The molecule has 2 aromatic carbocycles. The van der Waals surface area contributed by atoms with Crippen LogP contribution in [0.2, 0.25) is 0 Å². The summed E-state index contributed by atoms with van der Waals surface area (Å²) >= 11 is 0. The number of hydrogen-bond acceptors (Lipinski definition) is 5. The highest BCUT2D eigenvalue weighted by Crippen LogP contribution is 2.26. The fourth-order valence-corrected chi connectivity index (χ4v) is 3.73. The van der Waals surface area contributed by atoms with Crippen molar-refractivity contribution < 1.29 is 13.2 Å². The number of hydrogen-bond donors (Lipinski definition) is 2. The standard InChI is InChI=1S/C20H24N4O3S/c1-4-24(5-2)15-8-11-18-17(13-15)20(23-22-18)21-19(25)12-14-6-9-16(10-7-14)28(3,26)27/h6-11,13H,4-5,12H2,1-3H3,(H2,21,22,23,25). The van der Waals surface area contributed by atoms with Gasteiger partial charge in [-0.05, 0) is 49.7 Å². The summed E-state index contributed by atoms with van der Waals surface area (Å²) in [5.74, 6) is 0.274. The highest BCUT2D eigenvalue weighted by atomic mass is 32.2. The van der Waals surface area contributed by atoms with E-state index in [1.54, 1.807) is 12.1 Å². The zero-order valence-electron chi connectivity index (χ0n) is 16.2. The maximum atomic E-state index is 12.4. The predicted molar refractivity (Wildman–Crippen MR) is 112 cm³/mol. The highest BCUT2D eigenvalue weighted by Gasteiger charge is 2.13. The number of fused-ring (bicyclic) bond motifs is 1. The van der Waals surface area contributed by atoms with Gasteiger partial charge in [0.1, 0.15) is 0 Å². The summed E-state index contributed by atoms with van der Waals surface area (Å²) < 4.78 is 23.1. The summed E-state index contributed by atoms with van der Waals surface area (Å²) in [4.78, 5) is 14.9. The van der Waals surface area contributed by atoms with E-state index >= 15 is 0 Å². The number of amides is 1. The Bertz CT molecular complexity index is 1080. The van der Waals surface area contributed by atoms with E-state index in [1.165, 1.54) is 12.1 Å². The molecule has 0 atom stereocenters. The monoisotopic (exact) mass is 400 g/mol. The predicted octanol–water partition coefficient (Wildman–Crippen LogP) is 2.99. The Morgan fingerprint density at radius 3 is 2.39 bits per heavy atom. The molecule has 7 nitrogen and oxygen atoms in total. The molecule has 1 amide bonds. The van der Waals surface area contributed by atoms with Crippen LogP contribution >= 0.6 is 0 Å². The van der Waals surface area contributed by atoms with E-state index in [2.05, 4.69) is 34.3 Å². The van der Waals surface area contributed by atoms with Gasteiger partial charge >= 0.3 is 0 Å². The number of H-pyrrole nitrogens is 1. The number of sulfone groups is 1. The Kier molecular flexibility index (Phi) is 5.69. The molecule has 0 unspecified atom stereocenters. The molecule has 0 radical (unpaired) electrons. The molecule has 3 rings (SSSR count). The molecule has 0 aliphatic heterocycles. The number of anilines is 2. The van der Waals surface area contributed by atoms with Gasteiger partial charge in [-0.15, -0.1) is 0 Å². The fraction of sp³-hybridized carbons (Fsp3) is 0.300. The fourth-order valence-electron chi connectivity index (χ4n) is 3.10. The van der Waals surface area contributed by atoms with Crippen LogP contribution in [0.3, 0.4) is 0 Å². The molecule has 8 heteroatoms. The number of benzene rings is 2. The van der Waals surface area contributed by atoms with Crippen molar-refractivity contribution in [3.63, 3.8) is 0 Å². The zero-order valence-corrected chi connectivity index (χ0v) is 17.0. The third-order valence-electron chi connectivity index (χ3n) is 4.65. The lowest BCUT2D eigenvalue weighted by molar-refractivity contribution is -0.115. The lowest BCUT2D eigenvalue weighted by Crippen LogP contribution is -2.21. The van der Waals surface area contributed by atoms with Crippen LogP contribution in [-0.2, 0) is 21.1 Å². The van der Waals surface area contributed by atoms with Crippen molar-refractivity contribution in [2.45, 2.75) is 25.2 Å². The number of nitrogens with zero attached hydrogens (tertiary/aromatic N) is 2. The Morgan fingerprint density at radius 2 is 1.79 bits per heavy atom. The summed E-state index contributed by atoms with van der Waals surface area (Å²) in [5.41, 5.74) is 2.66. The highest BCUT2D eigenvalue weighted by molar-refractivity contribution is 7.90. The summed E-state index contributed by atoms with van der Waals surface area (Å²) in [7, 11) is -3.25. The molecule has 0 saturated carbocycles. The molecule has 1 heterocycles. The van der Waals surface area contributed by atoms with Gasteiger partial charge in [0.15, 0.2) is 15.7 Å². The van der Waals surface area contributed by atoms with Crippen molar-refractivity contribution in [3.8, 4) is 0 Å². The van der Waals surface area contributed by atoms with Crippen LogP contribution in [0.25, 0.3) is 10.9 Å². The molecule has 3 aromatic rings. The van der Waals surface area contributed by atoms with Gasteiger partial charge in [-0.3, -0.25) is 9.89 Å². The minimum Gasteiger partial charge on any atom is -0.372 e. The average molecular weight is 401 g/mol. The van der Waals surface area contributed by atoms with Crippen molar-refractivity contribution >= 4 is 38.2 Å². The molecule has 0 aliphatic rings. The minimum absolute atomic E-state index is 0.133. The number of aromatic amines is 1. The molecule has 2 N–H and O–H groups in total. The summed E-state index contributed by atoms with van der Waals surface area (Å²) in [6.45, 7) is 5.98. The van der Waals surface area contributed by atoms with E-state index in [1.807, 2.05) is 18.2 Å². The maximum Gasteiger partial charge on any atom is 0.230 e. The quantitative estimate of drug-likeness (QED) is 0.636. The third kappa shape index (κ3) is 4.33. The zero-order chi connectivity index (χ0) is 20.3. The molecule has 0 fully saturated rings. The first kappa shape index (κ1) is 19.9. The summed E-state index contributed by atoms with van der Waals surface area (Å²) in [6.07, 6.45) is 1.29. The molecular formula is C20H24N4O3S. The number of carbonyl (C=O) groups excluding carboxylic acids is 1. The van der Waals surface area contributed by atoms with Gasteiger partial charge in [0.2, 0.25) is 5.91 Å². The van der Waals surface area contributed by atoms with Crippen LogP contribution in [0.5, 0.6) is 0 Å². The van der Waals surface area contributed by atoms with E-state index in [9.17, 15) is 13.2 Å². The van der Waals surface area contributed by atoms with Gasteiger partial charge in [0.25, 0.3) is 0 Å². The van der Waals surface area contributed by atoms with Crippen LogP contribution in [0.1, 0.15) is 19.4 Å². The molecule has 148 valence electrons. The van der Waals surface area contributed by atoms with Gasteiger partial charge in [-0.1, -0.05) is 12.1 Å². The van der Waals surface area contributed by atoms with Crippen molar-refractivity contribution in [1.29, 1.82) is 0 Å². The molecule has 1 aromatic heterocycles. The first-order valence-electron chi connectivity index (χ1n) is 9.13. The largest absolute Gasteiger partial charge is 0.372 e. The molecule has 0 saturated heterocycles. The van der Waals surface area contributed by atoms with Gasteiger partial charge in [-0.2, -0.15) is 5.10 Å². The van der Waals surface area contributed by atoms with Crippen LogP contribution in [-0.4, -0.2) is 43.9 Å². The van der Waals surface area contributed by atoms with Crippen molar-refractivity contribution in [1.82, 2.24) is 10.2 Å². The van der Waals surface area contributed by atoms with E-state index in [-0.39, 0.29) is 17.2 Å². The van der Waals surface area contributed by atoms with Gasteiger partial charge in [0, 0.05) is 30.4 Å². The Labute approximate surface area is 164 Å². The number of aromatic nitrogens is 2. The van der Waals surface area contributed by atoms with E-state index in [4.69, 9.17) is 0 Å². The number of rotatable bonds is 7. The Hall–Kier alpha value is -2.87. The number of nitrogens with one attached hydrogen (secondary N) is 2. The van der Waals surface area contributed by atoms with Gasteiger partial charge < -0.3 is 10.2 Å². The number of carbonyl (C=O) groups is 1. The lowest BCUT2D eigenvalue weighted by atomic mass is 10.1. The average Bonchev–Trinajstić information content (AvgIpc) is 3.04. The molecule has 28 heavy (non-hydrogen) atoms. The molecule has 0 spiro atoms. The SMILES string of the molecule is CCN(CC)c1ccc2[nH]nc(NC(=O)Cc3ccc(S(C)(=O)=O)cc3)c2c1. The summed E-state index contributed by atoms with van der Waals surface area (Å²) in [5, 5.41) is 10.8. The Balaban J connectivity index is 1.76. The second-order valence-electron chi connectivity index (χ2n) is 6.62. The van der Waals surface area contributed by atoms with E-state index in [0.29, 0.717) is 5.82 Å². The van der Waals surface area contributed by atoms with Crippen molar-refractivity contribution in [2.24, 2.45) is 0 Å². The smallest absolute Gasteiger partial charge is 0.230 e. The second-order valence-corrected chi connectivity index (χ2v) is 8.63. The normalized spacial score (nSPS) is 11.5. The minimum atomic E-state index is -3.25. The van der Waals surface area contributed by atoms with Crippen LogP contribution in [0.15, 0.2) is 47.4 Å². The summed E-state index contributed by atoms with van der Waals surface area (Å²) in [6, 6.07) is 12.3. The molecule has 0 aliphatic carbocycles. The van der Waals surface area contributed by atoms with Crippen molar-refractivity contribution in [2.75, 3.05) is 29.6 Å². The first-order valence-corrected chi connectivity index (χ1v) is 11.0. The first-order chi connectivity index (χ1) is 13.3. The van der Waals surface area contributed by atoms with Crippen LogP contribution < -0.4 is 10.2 Å². The van der Waals surface area contributed by atoms with Crippen LogP contribution in [0, 0.1) is 0 Å². The molecule has 0 bridgehead atoms. The van der Waals surface area contributed by atoms with Gasteiger partial charge in [-0.25, -0.2) is 8.42 Å². The third-order valence-corrected chi connectivity index (χ3v) is 5.78. The molecular weight excluding hydrogens is 376 g/mol. The maximum absolute atomic E-state index is 12.4. The lowest BCUT2D eigenvalue weighted by Gasteiger charge is -2.20. The second kappa shape index (κ2) is 8.02. The van der Waals surface area contributed by atoms with E-state index < -0.39 is 9.84 Å². The van der Waals surface area contributed by atoms with Crippen molar-refractivity contribution in [3.05, 3.63) is 48.0 Å².